The van der Waals surface area contributed by atoms with E-state index in [1.54, 1.807) is 16.8 Å². The van der Waals surface area contributed by atoms with Gasteiger partial charge in [-0.3, -0.25) is 18.9 Å². The van der Waals surface area contributed by atoms with E-state index < -0.39 is 0 Å². The van der Waals surface area contributed by atoms with E-state index in [-0.39, 0.29) is 17.4 Å². The molecule has 0 N–H and O–H groups in total. The van der Waals surface area contributed by atoms with Crippen LogP contribution < -0.4 is 5.56 Å². The minimum absolute atomic E-state index is 0.0540. The Bertz CT molecular complexity index is 1180. The minimum atomic E-state index is -0.0540. The van der Waals surface area contributed by atoms with E-state index in [0.29, 0.717) is 37.0 Å². The first kappa shape index (κ1) is 18.7. The van der Waals surface area contributed by atoms with Crippen molar-refractivity contribution in [1.29, 1.82) is 0 Å². The zero-order valence-electron chi connectivity index (χ0n) is 17.5. The van der Waals surface area contributed by atoms with Crippen LogP contribution in [-0.4, -0.2) is 60.8 Å². The van der Waals surface area contributed by atoms with Crippen molar-refractivity contribution in [3.8, 4) is 0 Å². The van der Waals surface area contributed by atoms with E-state index in [1.165, 1.54) is 12.8 Å². The lowest BCUT2D eigenvalue weighted by Gasteiger charge is -2.42. The van der Waals surface area contributed by atoms with Crippen LogP contribution in [0.15, 0.2) is 41.6 Å². The van der Waals surface area contributed by atoms with E-state index >= 15 is 0 Å². The smallest absolute Gasteiger partial charge is 0.274 e. The summed E-state index contributed by atoms with van der Waals surface area (Å²) in [6.07, 6.45) is 8.75. The maximum absolute atomic E-state index is 13.2. The number of rotatable bonds is 3. The molecule has 3 aliphatic rings. The lowest BCUT2D eigenvalue weighted by molar-refractivity contribution is 0.0589. The molecule has 0 aliphatic carbocycles. The molecule has 3 aromatic rings. The summed E-state index contributed by atoms with van der Waals surface area (Å²) >= 11 is 0. The highest BCUT2D eigenvalue weighted by Gasteiger charge is 2.37. The minimum Gasteiger partial charge on any atom is -0.336 e. The van der Waals surface area contributed by atoms with Gasteiger partial charge in [0.25, 0.3) is 11.5 Å². The molecule has 8 nitrogen and oxygen atoms in total. The third-order valence-corrected chi connectivity index (χ3v) is 7.02. The maximum Gasteiger partial charge on any atom is 0.274 e. The third-order valence-electron chi connectivity index (χ3n) is 7.02. The van der Waals surface area contributed by atoms with Gasteiger partial charge in [-0.1, -0.05) is 6.07 Å². The molecule has 8 heteroatoms. The number of carbonyl (C=O) groups is 1. The van der Waals surface area contributed by atoms with Crippen molar-refractivity contribution >= 4 is 11.7 Å². The zero-order valence-corrected chi connectivity index (χ0v) is 17.5. The normalized spacial score (nSPS) is 23.3. The highest BCUT2D eigenvalue weighted by Crippen LogP contribution is 2.35. The van der Waals surface area contributed by atoms with Crippen LogP contribution in [0.5, 0.6) is 0 Å². The Labute approximate surface area is 180 Å². The van der Waals surface area contributed by atoms with E-state index in [1.807, 2.05) is 27.8 Å². The summed E-state index contributed by atoms with van der Waals surface area (Å²) in [5, 5.41) is 0. The first-order valence-corrected chi connectivity index (χ1v) is 11.2. The number of imidazole rings is 1. The lowest BCUT2D eigenvalue weighted by Crippen LogP contribution is -2.49. The zero-order chi connectivity index (χ0) is 20.9. The molecule has 6 heterocycles. The van der Waals surface area contributed by atoms with E-state index in [0.717, 1.165) is 37.3 Å². The van der Waals surface area contributed by atoms with Gasteiger partial charge in [0.15, 0.2) is 0 Å². The van der Waals surface area contributed by atoms with Gasteiger partial charge in [0.1, 0.15) is 5.69 Å². The molecule has 0 unspecified atom stereocenters. The van der Waals surface area contributed by atoms with E-state index in [9.17, 15) is 9.59 Å². The van der Waals surface area contributed by atoms with Crippen molar-refractivity contribution in [2.24, 2.45) is 5.92 Å². The quantitative estimate of drug-likeness (QED) is 0.648. The number of pyridine rings is 1. The molecule has 2 bridgehead atoms. The molecule has 2 fully saturated rings. The Hall–Kier alpha value is -3.00. The molecule has 6 rings (SSSR count). The van der Waals surface area contributed by atoms with Crippen molar-refractivity contribution in [2.75, 3.05) is 26.2 Å². The molecule has 0 radical (unpaired) electrons. The molecule has 160 valence electrons. The molecule has 0 aromatic carbocycles. The standard InChI is InChI=1S/C23H26N6O2/c30-21-17(13-26-7-1-2-8-26)4-5-20-18-10-16(12-29(20)21)11-28(14-18)22(31)19-15-27-9-3-6-24-23(27)25-19/h3-6,9,15-16,18H,1-2,7-8,10-14H2/t16-,18+/m0/s1. The van der Waals surface area contributed by atoms with Crippen molar-refractivity contribution in [1.82, 2.24) is 28.7 Å². The highest BCUT2D eigenvalue weighted by molar-refractivity contribution is 5.93. The predicted octanol–water partition coefficient (Wildman–Crippen LogP) is 1.75. The van der Waals surface area contributed by atoms with Crippen molar-refractivity contribution in [2.45, 2.75) is 38.3 Å². The van der Waals surface area contributed by atoms with Gasteiger partial charge in [-0.05, 0) is 50.4 Å². The molecule has 31 heavy (non-hydrogen) atoms. The Morgan fingerprint density at radius 2 is 2.00 bits per heavy atom. The summed E-state index contributed by atoms with van der Waals surface area (Å²) in [4.78, 5) is 39.3. The van der Waals surface area contributed by atoms with Crippen LogP contribution in [0.1, 0.15) is 46.9 Å². The second-order valence-corrected chi connectivity index (χ2v) is 9.14. The third kappa shape index (κ3) is 3.26. The SMILES string of the molecule is O=C(c1cn2cccnc2n1)N1C[C@@H]2C[C@H](C1)c1ccc(CN3CCCC3)c(=O)n1C2. The summed E-state index contributed by atoms with van der Waals surface area (Å²) < 4.78 is 3.76. The molecule has 0 saturated carbocycles. The topological polar surface area (TPSA) is 75.7 Å². The summed E-state index contributed by atoms with van der Waals surface area (Å²) in [6, 6.07) is 5.96. The number of piperidine rings is 1. The first-order chi connectivity index (χ1) is 15.2. The number of nitrogens with zero attached hydrogens (tertiary/aromatic N) is 6. The van der Waals surface area contributed by atoms with Crippen molar-refractivity contribution in [3.05, 3.63) is 64.1 Å². The van der Waals surface area contributed by atoms with Crippen LogP contribution in [0, 0.1) is 5.92 Å². The first-order valence-electron chi connectivity index (χ1n) is 11.2. The van der Waals surface area contributed by atoms with Gasteiger partial charge in [0.05, 0.1) is 0 Å². The number of carbonyl (C=O) groups excluding carboxylic acids is 1. The van der Waals surface area contributed by atoms with Crippen molar-refractivity contribution < 1.29 is 4.79 Å². The van der Waals surface area contributed by atoms with Crippen molar-refractivity contribution in [3.63, 3.8) is 0 Å². The summed E-state index contributed by atoms with van der Waals surface area (Å²) in [5.74, 6) is 0.970. The maximum atomic E-state index is 13.2. The highest BCUT2D eigenvalue weighted by atomic mass is 16.2. The van der Waals surface area contributed by atoms with Gasteiger partial charge < -0.3 is 9.47 Å². The molecule has 3 aliphatic heterocycles. The monoisotopic (exact) mass is 418 g/mol. The second kappa shape index (κ2) is 7.30. The fourth-order valence-electron chi connectivity index (χ4n) is 5.55. The number of aromatic nitrogens is 4. The van der Waals surface area contributed by atoms with Gasteiger partial charge in [-0.2, -0.15) is 0 Å². The van der Waals surface area contributed by atoms with Gasteiger partial charge >= 0.3 is 0 Å². The Balaban J connectivity index is 1.25. The molecular formula is C23H26N6O2. The number of likely N-dealkylation sites (tertiary alicyclic amines) is 2. The number of hydrogen-bond donors (Lipinski definition) is 0. The Morgan fingerprint density at radius 1 is 1.13 bits per heavy atom. The molecule has 2 atom stereocenters. The van der Waals surface area contributed by atoms with Crippen LogP contribution in [0.2, 0.25) is 0 Å². The molecule has 0 spiro atoms. The van der Waals surface area contributed by atoms with Gasteiger partial charge in [-0.15, -0.1) is 0 Å². The van der Waals surface area contributed by atoms with Crippen LogP contribution in [0.3, 0.4) is 0 Å². The number of fused-ring (bicyclic) bond motifs is 5. The Kier molecular flexibility index (Phi) is 4.41. The van der Waals surface area contributed by atoms with E-state index in [4.69, 9.17) is 0 Å². The van der Waals surface area contributed by atoms with Gasteiger partial charge in [0, 0.05) is 61.9 Å². The summed E-state index contributed by atoms with van der Waals surface area (Å²) in [5.41, 5.74) is 2.55. The van der Waals surface area contributed by atoms with Gasteiger partial charge in [0.2, 0.25) is 5.78 Å². The average Bonchev–Trinajstić information content (AvgIpc) is 3.45. The molecule has 3 aromatic heterocycles. The predicted molar refractivity (Wildman–Crippen MR) is 115 cm³/mol. The van der Waals surface area contributed by atoms with Crippen LogP contribution in [-0.2, 0) is 13.1 Å². The molecule has 2 saturated heterocycles. The largest absolute Gasteiger partial charge is 0.336 e. The fourth-order valence-corrected chi connectivity index (χ4v) is 5.55. The Morgan fingerprint density at radius 3 is 2.84 bits per heavy atom. The lowest BCUT2D eigenvalue weighted by atomic mass is 9.83. The molecular weight excluding hydrogens is 392 g/mol. The van der Waals surface area contributed by atoms with Crippen LogP contribution >= 0.6 is 0 Å². The summed E-state index contributed by atoms with van der Waals surface area (Å²) in [6.45, 7) is 4.90. The van der Waals surface area contributed by atoms with E-state index in [2.05, 4.69) is 20.9 Å². The second-order valence-electron chi connectivity index (χ2n) is 9.14. The van der Waals surface area contributed by atoms with Gasteiger partial charge in [-0.25, -0.2) is 9.97 Å². The molecule has 1 amide bonds. The van der Waals surface area contributed by atoms with Crippen LogP contribution in [0.4, 0.5) is 0 Å². The summed E-state index contributed by atoms with van der Waals surface area (Å²) in [7, 11) is 0. The van der Waals surface area contributed by atoms with Crippen LogP contribution in [0.25, 0.3) is 5.78 Å². The number of hydrogen-bond acceptors (Lipinski definition) is 5. The average molecular weight is 419 g/mol. The number of amides is 1. The fraction of sp³-hybridized carbons (Fsp3) is 0.478.